The molecule has 0 aromatic heterocycles. The Bertz CT molecular complexity index is 162. The third-order valence-electron chi connectivity index (χ3n) is 0. The minimum atomic E-state index is -1.08. The topological polar surface area (TPSA) is 161 Å². The largest absolute Gasteiger partial charge is 0.550 e. The second-order valence-electron chi connectivity index (χ2n) is 1.97. The maximum atomic E-state index is 8.89. The van der Waals surface area contributed by atoms with E-state index < -0.39 is 23.9 Å². The molecule has 0 amide bonds. The van der Waals surface area contributed by atoms with Crippen LogP contribution in [0.1, 0.15) is 27.7 Å². The molecule has 0 fully saturated rings. The van der Waals surface area contributed by atoms with Gasteiger partial charge in [-0.15, -0.1) is 0 Å². The number of carboxylic acid groups (broad SMARTS) is 4. The van der Waals surface area contributed by atoms with E-state index in [1.54, 1.807) is 0 Å². The first kappa shape index (κ1) is 29.5. The molecule has 0 atom stereocenters. The molecule has 0 heterocycles. The first-order valence-electron chi connectivity index (χ1n) is 3.63. The van der Waals surface area contributed by atoms with Crippen LogP contribution in [0.15, 0.2) is 0 Å². The fourth-order valence-electron chi connectivity index (χ4n) is 0. The maximum absolute atomic E-state index is 8.89. The summed E-state index contributed by atoms with van der Waals surface area (Å²) in [5.74, 6) is -4.33. The van der Waals surface area contributed by atoms with Crippen molar-refractivity contribution in [2.45, 2.75) is 27.7 Å². The molecule has 0 radical (unpaired) electrons. The van der Waals surface area contributed by atoms with E-state index in [1.165, 1.54) is 0 Å². The van der Waals surface area contributed by atoms with Crippen LogP contribution in [0.2, 0.25) is 0 Å². The molecule has 17 heavy (non-hydrogen) atoms. The van der Waals surface area contributed by atoms with Gasteiger partial charge in [-0.05, 0) is 27.7 Å². The predicted molar refractivity (Wildman–Crippen MR) is 42.7 cm³/mol. The van der Waals surface area contributed by atoms with Crippen molar-refractivity contribution in [1.82, 2.24) is 0 Å². The van der Waals surface area contributed by atoms with Crippen LogP contribution in [0.4, 0.5) is 0 Å². The molecule has 0 unspecified atom stereocenters. The molecule has 8 nitrogen and oxygen atoms in total. The second kappa shape index (κ2) is 23.9. The second-order valence-corrected chi connectivity index (χ2v) is 1.97. The summed E-state index contributed by atoms with van der Waals surface area (Å²) >= 11 is 0. The summed E-state index contributed by atoms with van der Waals surface area (Å²) in [5.41, 5.74) is 0. The zero-order chi connectivity index (χ0) is 14.3. The minimum absolute atomic E-state index is 0. The molecule has 9 heteroatoms. The Kier molecular flexibility index (Phi) is 41.5. The summed E-state index contributed by atoms with van der Waals surface area (Å²) in [6, 6.07) is 0. The van der Waals surface area contributed by atoms with Crippen molar-refractivity contribution in [2.75, 3.05) is 0 Å². The van der Waals surface area contributed by atoms with Crippen molar-refractivity contribution >= 4 is 23.9 Å². The Morgan fingerprint density at radius 1 is 0.529 bits per heavy atom. The van der Waals surface area contributed by atoms with Crippen LogP contribution in [0, 0.1) is 0 Å². The van der Waals surface area contributed by atoms with E-state index in [2.05, 4.69) is 0 Å². The van der Waals surface area contributed by atoms with Crippen LogP contribution in [-0.2, 0) is 35.7 Å². The molecule has 0 aliphatic heterocycles. The van der Waals surface area contributed by atoms with Gasteiger partial charge in [-0.1, -0.05) is 0 Å². The molecule has 0 aliphatic carbocycles. The molecule has 0 N–H and O–H groups in total. The molecule has 0 bridgehead atoms. The van der Waals surface area contributed by atoms with Crippen molar-refractivity contribution in [1.29, 1.82) is 0 Å². The minimum Gasteiger partial charge on any atom is -0.550 e. The van der Waals surface area contributed by atoms with Crippen molar-refractivity contribution < 1.29 is 56.1 Å². The van der Waals surface area contributed by atoms with Gasteiger partial charge >= 0.3 is 0 Å². The third-order valence-corrected chi connectivity index (χ3v) is 0. The predicted octanol–water partition coefficient (Wildman–Crippen LogP) is -4.98. The molecule has 0 rings (SSSR count). The van der Waals surface area contributed by atoms with Crippen LogP contribution < -0.4 is 20.4 Å². The smallest absolute Gasteiger partial charge is 0.0383 e. The van der Waals surface area contributed by atoms with Gasteiger partial charge in [0.2, 0.25) is 0 Å². The number of aliphatic carboxylic acids is 4. The zero-order valence-corrected chi connectivity index (χ0v) is 10.6. The summed E-state index contributed by atoms with van der Waals surface area (Å²) in [6.07, 6.45) is 0. The molecule has 0 spiro atoms. The van der Waals surface area contributed by atoms with Crippen LogP contribution in [-0.4, -0.2) is 23.9 Å². The van der Waals surface area contributed by atoms with Crippen LogP contribution in [0.5, 0.6) is 0 Å². The Morgan fingerprint density at radius 3 is 0.529 bits per heavy atom. The van der Waals surface area contributed by atoms with Gasteiger partial charge < -0.3 is 39.6 Å². The molecule has 0 saturated heterocycles. The van der Waals surface area contributed by atoms with Gasteiger partial charge in [0.15, 0.2) is 0 Å². The number of carboxylic acids is 4. The van der Waals surface area contributed by atoms with E-state index in [-0.39, 0.29) is 16.5 Å². The fraction of sp³-hybridized carbons (Fsp3) is 0.500. The van der Waals surface area contributed by atoms with Crippen molar-refractivity contribution in [3.05, 3.63) is 0 Å². The van der Waals surface area contributed by atoms with E-state index in [0.717, 1.165) is 27.7 Å². The van der Waals surface area contributed by atoms with Gasteiger partial charge in [0.25, 0.3) is 0 Å². The van der Waals surface area contributed by atoms with E-state index in [4.69, 9.17) is 39.6 Å². The average Bonchev–Trinajstić information content (AvgIpc) is 1.76. The Labute approximate surface area is 108 Å². The summed E-state index contributed by atoms with van der Waals surface area (Å²) in [5, 5.41) is 35.6. The van der Waals surface area contributed by atoms with Gasteiger partial charge in [-0.25, -0.2) is 0 Å². The van der Waals surface area contributed by atoms with Crippen molar-refractivity contribution in [3.8, 4) is 0 Å². The number of rotatable bonds is 0. The maximum Gasteiger partial charge on any atom is 0.0383 e. The summed E-state index contributed by atoms with van der Waals surface area (Å²) < 4.78 is 0. The first-order valence-corrected chi connectivity index (χ1v) is 3.63. The SMILES string of the molecule is CC(=O)[O-].CC(=O)[O-].CC(=O)[O-].CC(=O)[O-].[Ni]. The van der Waals surface area contributed by atoms with Crippen LogP contribution in [0.3, 0.4) is 0 Å². The fourth-order valence-corrected chi connectivity index (χ4v) is 0. The molecule has 0 aliphatic rings. The third kappa shape index (κ3) is 832. The van der Waals surface area contributed by atoms with Gasteiger partial charge in [-0.3, -0.25) is 0 Å². The van der Waals surface area contributed by atoms with Gasteiger partial charge in [0.1, 0.15) is 0 Å². The normalized spacial score (nSPS) is 5.88. The average molecular weight is 295 g/mol. The zero-order valence-electron chi connectivity index (χ0n) is 9.58. The van der Waals surface area contributed by atoms with Crippen LogP contribution in [0.25, 0.3) is 0 Å². The van der Waals surface area contributed by atoms with E-state index >= 15 is 0 Å². The number of hydrogen-bond donors (Lipinski definition) is 0. The Hall–Kier alpha value is -1.63. The molecular weight excluding hydrogens is 283 g/mol. The standard InChI is InChI=1S/4C2H4O2.Ni/c4*1-2(3)4;/h4*1H3,(H,3,4);/p-4. The summed E-state index contributed by atoms with van der Waals surface area (Å²) in [4.78, 5) is 35.6. The number of carbonyl (C=O) groups excluding carboxylic acids is 4. The molecular formula is C8H12NiO8-4. The van der Waals surface area contributed by atoms with Gasteiger partial charge in [0, 0.05) is 40.4 Å². The molecule has 106 valence electrons. The Balaban J connectivity index is -0.0000000369. The summed E-state index contributed by atoms with van der Waals surface area (Å²) in [7, 11) is 0. The number of carbonyl (C=O) groups is 4. The molecule has 0 saturated carbocycles. The number of hydrogen-bond acceptors (Lipinski definition) is 8. The quantitative estimate of drug-likeness (QED) is 0.401. The first-order chi connectivity index (χ1) is 6.93. The van der Waals surface area contributed by atoms with E-state index in [9.17, 15) is 0 Å². The van der Waals surface area contributed by atoms with Crippen molar-refractivity contribution in [2.24, 2.45) is 0 Å². The van der Waals surface area contributed by atoms with Crippen molar-refractivity contribution in [3.63, 3.8) is 0 Å². The van der Waals surface area contributed by atoms with Gasteiger partial charge in [-0.2, -0.15) is 0 Å². The molecule has 0 aromatic carbocycles. The van der Waals surface area contributed by atoms with Gasteiger partial charge in [0.05, 0.1) is 0 Å². The van der Waals surface area contributed by atoms with E-state index in [1.807, 2.05) is 0 Å². The monoisotopic (exact) mass is 294 g/mol. The Morgan fingerprint density at radius 2 is 0.529 bits per heavy atom. The summed E-state index contributed by atoms with van der Waals surface area (Å²) in [6.45, 7) is 3.89. The molecule has 0 aromatic rings. The van der Waals surface area contributed by atoms with E-state index in [0.29, 0.717) is 0 Å². The van der Waals surface area contributed by atoms with Crippen LogP contribution >= 0.6 is 0 Å².